The zero-order valence-electron chi connectivity index (χ0n) is 15.9. The van der Waals surface area contributed by atoms with Crippen LogP contribution in [-0.4, -0.2) is 16.8 Å². The molecule has 1 aliphatic heterocycles. The SMILES string of the molecule is CCc1cc(Oc2ccc3c(c2)OCO3)nc(SCc2cccc(C(F)(F)F)c2)n1. The number of aromatic nitrogens is 2. The lowest BCUT2D eigenvalue weighted by Gasteiger charge is -2.10. The average molecular weight is 434 g/mol. The fraction of sp³-hybridized carbons (Fsp3) is 0.238. The maximum absolute atomic E-state index is 12.9. The largest absolute Gasteiger partial charge is 0.454 e. The summed E-state index contributed by atoms with van der Waals surface area (Å²) in [5.41, 5.74) is 0.640. The van der Waals surface area contributed by atoms with Crippen LogP contribution in [0.15, 0.2) is 53.7 Å². The van der Waals surface area contributed by atoms with E-state index in [4.69, 9.17) is 14.2 Å². The van der Waals surface area contributed by atoms with Crippen molar-refractivity contribution < 1.29 is 27.4 Å². The molecule has 0 saturated carbocycles. The summed E-state index contributed by atoms with van der Waals surface area (Å²) in [6.07, 6.45) is -3.71. The van der Waals surface area contributed by atoms with Crippen molar-refractivity contribution in [3.63, 3.8) is 0 Å². The number of fused-ring (bicyclic) bond motifs is 1. The highest BCUT2D eigenvalue weighted by Gasteiger charge is 2.30. The van der Waals surface area contributed by atoms with E-state index in [1.165, 1.54) is 17.8 Å². The summed E-state index contributed by atoms with van der Waals surface area (Å²) < 4.78 is 55.2. The molecule has 4 rings (SSSR count). The van der Waals surface area contributed by atoms with Gasteiger partial charge in [0.05, 0.1) is 5.56 Å². The molecule has 9 heteroatoms. The van der Waals surface area contributed by atoms with E-state index in [1.54, 1.807) is 30.3 Å². The van der Waals surface area contributed by atoms with Crippen LogP contribution in [-0.2, 0) is 18.3 Å². The minimum absolute atomic E-state index is 0.169. The average Bonchev–Trinajstić information content (AvgIpc) is 3.19. The van der Waals surface area contributed by atoms with Crippen molar-refractivity contribution in [1.82, 2.24) is 9.97 Å². The summed E-state index contributed by atoms with van der Waals surface area (Å²) in [6, 6.07) is 12.2. The number of hydrogen-bond acceptors (Lipinski definition) is 6. The third kappa shape index (κ3) is 4.79. The molecule has 0 fully saturated rings. The van der Waals surface area contributed by atoms with Crippen molar-refractivity contribution >= 4 is 11.8 Å². The Bertz CT molecular complexity index is 1060. The van der Waals surface area contributed by atoms with E-state index in [0.29, 0.717) is 46.0 Å². The lowest BCUT2D eigenvalue weighted by atomic mass is 10.1. The Morgan fingerprint density at radius 2 is 1.87 bits per heavy atom. The van der Waals surface area contributed by atoms with E-state index in [-0.39, 0.29) is 6.79 Å². The molecule has 0 amide bonds. The van der Waals surface area contributed by atoms with Crippen LogP contribution in [0.4, 0.5) is 13.2 Å². The van der Waals surface area contributed by atoms with E-state index < -0.39 is 11.7 Å². The van der Waals surface area contributed by atoms with Crippen LogP contribution in [0, 0.1) is 0 Å². The van der Waals surface area contributed by atoms with E-state index in [0.717, 1.165) is 17.8 Å². The lowest BCUT2D eigenvalue weighted by molar-refractivity contribution is -0.137. The molecule has 3 aromatic rings. The first-order valence-electron chi connectivity index (χ1n) is 9.15. The van der Waals surface area contributed by atoms with Crippen LogP contribution in [0.2, 0.25) is 0 Å². The summed E-state index contributed by atoms with van der Waals surface area (Å²) in [6.45, 7) is 2.12. The minimum atomic E-state index is -4.37. The Balaban J connectivity index is 1.50. The molecule has 1 aromatic heterocycles. The summed E-state index contributed by atoms with van der Waals surface area (Å²) in [5, 5.41) is 0.433. The second kappa shape index (κ2) is 8.43. The van der Waals surface area contributed by atoms with Crippen LogP contribution in [0.25, 0.3) is 0 Å². The second-order valence-corrected chi connectivity index (χ2v) is 7.38. The molecule has 2 aromatic carbocycles. The fourth-order valence-electron chi connectivity index (χ4n) is 2.79. The van der Waals surface area contributed by atoms with E-state index in [2.05, 4.69) is 9.97 Å². The van der Waals surface area contributed by atoms with E-state index in [9.17, 15) is 13.2 Å². The zero-order valence-corrected chi connectivity index (χ0v) is 16.7. The van der Waals surface area contributed by atoms with E-state index in [1.807, 2.05) is 6.92 Å². The van der Waals surface area contributed by atoms with Gasteiger partial charge < -0.3 is 14.2 Å². The maximum Gasteiger partial charge on any atom is 0.416 e. The monoisotopic (exact) mass is 434 g/mol. The molecule has 0 aliphatic carbocycles. The second-order valence-electron chi connectivity index (χ2n) is 6.44. The number of halogens is 3. The highest BCUT2D eigenvalue weighted by atomic mass is 32.2. The van der Waals surface area contributed by atoms with Gasteiger partial charge in [-0.05, 0) is 30.2 Å². The Kier molecular flexibility index (Phi) is 5.72. The van der Waals surface area contributed by atoms with Gasteiger partial charge in [-0.2, -0.15) is 18.2 Å². The molecular weight excluding hydrogens is 417 g/mol. The van der Waals surface area contributed by atoms with Gasteiger partial charge in [0.1, 0.15) is 5.75 Å². The van der Waals surface area contributed by atoms with E-state index >= 15 is 0 Å². The third-order valence-corrected chi connectivity index (χ3v) is 5.20. The van der Waals surface area contributed by atoms with Crippen LogP contribution in [0.1, 0.15) is 23.7 Å². The van der Waals surface area contributed by atoms with Gasteiger partial charge in [-0.25, -0.2) is 4.98 Å². The molecule has 0 spiro atoms. The molecule has 0 radical (unpaired) electrons. The molecule has 2 heterocycles. The summed E-state index contributed by atoms with van der Waals surface area (Å²) >= 11 is 1.25. The summed E-state index contributed by atoms with van der Waals surface area (Å²) in [5.74, 6) is 2.44. The Hall–Kier alpha value is -2.94. The zero-order chi connectivity index (χ0) is 21.1. The van der Waals surface area contributed by atoms with Crippen molar-refractivity contribution in [1.29, 1.82) is 0 Å². The Labute approximate surface area is 175 Å². The standard InChI is InChI=1S/C21H17F3N2O3S/c1-2-15-9-19(29-16-6-7-17-18(10-16)28-12-27-17)26-20(25-15)30-11-13-4-3-5-14(8-13)21(22,23)24/h3-10H,2,11-12H2,1H3. The highest BCUT2D eigenvalue weighted by Crippen LogP contribution is 2.37. The molecule has 5 nitrogen and oxygen atoms in total. The van der Waals surface area contributed by atoms with Crippen LogP contribution in [0.5, 0.6) is 23.1 Å². The predicted octanol–water partition coefficient (Wildman–Crippen LogP) is 5.87. The van der Waals surface area contributed by atoms with Gasteiger partial charge in [0.25, 0.3) is 0 Å². The van der Waals surface area contributed by atoms with Gasteiger partial charge in [0.2, 0.25) is 12.7 Å². The molecule has 1 aliphatic rings. The van der Waals surface area contributed by atoms with Gasteiger partial charge in [-0.15, -0.1) is 0 Å². The molecule has 0 saturated heterocycles. The number of aryl methyl sites for hydroxylation is 1. The normalized spacial score (nSPS) is 12.8. The first-order valence-corrected chi connectivity index (χ1v) is 10.1. The maximum atomic E-state index is 12.9. The van der Waals surface area contributed by atoms with Crippen LogP contribution in [0.3, 0.4) is 0 Å². The van der Waals surface area contributed by atoms with Crippen molar-refractivity contribution in [2.75, 3.05) is 6.79 Å². The quantitative estimate of drug-likeness (QED) is 0.357. The molecule has 0 bridgehead atoms. The van der Waals surface area contributed by atoms with Crippen molar-refractivity contribution in [3.8, 4) is 23.1 Å². The highest BCUT2D eigenvalue weighted by molar-refractivity contribution is 7.98. The first-order chi connectivity index (χ1) is 14.4. The minimum Gasteiger partial charge on any atom is -0.454 e. The summed E-state index contributed by atoms with van der Waals surface area (Å²) in [7, 11) is 0. The molecule has 0 unspecified atom stereocenters. The van der Waals surface area contributed by atoms with Gasteiger partial charge >= 0.3 is 6.18 Å². The third-order valence-electron chi connectivity index (χ3n) is 4.29. The Morgan fingerprint density at radius 1 is 1.03 bits per heavy atom. The van der Waals surface area contributed by atoms with Crippen molar-refractivity contribution in [2.24, 2.45) is 0 Å². The number of alkyl halides is 3. The number of rotatable bonds is 6. The van der Waals surface area contributed by atoms with Gasteiger partial charge in [-0.1, -0.05) is 36.9 Å². The number of thioether (sulfide) groups is 1. The van der Waals surface area contributed by atoms with Crippen molar-refractivity contribution in [2.45, 2.75) is 30.4 Å². The fourth-order valence-corrected chi connectivity index (χ4v) is 3.61. The number of benzene rings is 2. The first kappa shape index (κ1) is 20.3. The van der Waals surface area contributed by atoms with Crippen LogP contribution >= 0.6 is 11.8 Å². The number of ether oxygens (including phenoxy) is 3. The molecule has 0 atom stereocenters. The predicted molar refractivity (Wildman–Crippen MR) is 105 cm³/mol. The van der Waals surface area contributed by atoms with Crippen molar-refractivity contribution in [3.05, 3.63) is 65.4 Å². The molecule has 0 N–H and O–H groups in total. The molecule has 30 heavy (non-hydrogen) atoms. The smallest absolute Gasteiger partial charge is 0.416 e. The lowest BCUT2D eigenvalue weighted by Crippen LogP contribution is -2.05. The summed E-state index contributed by atoms with van der Waals surface area (Å²) in [4.78, 5) is 8.83. The van der Waals surface area contributed by atoms with Gasteiger partial charge in [0, 0.05) is 23.6 Å². The Morgan fingerprint density at radius 3 is 2.67 bits per heavy atom. The van der Waals surface area contributed by atoms with Crippen LogP contribution < -0.4 is 14.2 Å². The number of hydrogen-bond donors (Lipinski definition) is 0. The molecular formula is C21H17F3N2O3S. The van der Waals surface area contributed by atoms with Gasteiger partial charge in [0.15, 0.2) is 16.7 Å². The topological polar surface area (TPSA) is 53.5 Å². The molecule has 156 valence electrons. The number of nitrogens with zero attached hydrogens (tertiary/aromatic N) is 2. The van der Waals surface area contributed by atoms with Gasteiger partial charge in [-0.3, -0.25) is 0 Å².